The summed E-state index contributed by atoms with van der Waals surface area (Å²) in [5, 5.41) is -0.0139. The highest BCUT2D eigenvalue weighted by Crippen LogP contribution is 2.51. The third-order valence-corrected chi connectivity index (χ3v) is 7.41. The Hall–Kier alpha value is -2.73. The molecule has 3 aromatic rings. The fourth-order valence-corrected chi connectivity index (χ4v) is 5.79. The van der Waals surface area contributed by atoms with Crippen LogP contribution in [0.1, 0.15) is 33.9 Å². The number of fused-ring (bicyclic) bond motifs is 4. The average molecular weight is 440 g/mol. The van der Waals surface area contributed by atoms with Crippen LogP contribution in [0.15, 0.2) is 76.6 Å². The van der Waals surface area contributed by atoms with Crippen LogP contribution in [0.5, 0.6) is 5.75 Å². The largest absolute Gasteiger partial charge is 0.497 e. The van der Waals surface area contributed by atoms with E-state index in [1.54, 1.807) is 31.0 Å². The summed E-state index contributed by atoms with van der Waals surface area (Å²) >= 11 is 1.69. The highest BCUT2D eigenvalue weighted by molar-refractivity contribution is 7.99. The third kappa shape index (κ3) is 3.74. The van der Waals surface area contributed by atoms with Crippen LogP contribution in [0.4, 0.5) is 18.9 Å². The fourth-order valence-electron chi connectivity index (χ4n) is 4.40. The second kappa shape index (κ2) is 7.75. The lowest BCUT2D eigenvalue weighted by Gasteiger charge is -2.32. The molecule has 0 saturated heterocycles. The second-order valence-electron chi connectivity index (χ2n) is 7.79. The normalized spacial score (nSPS) is 20.1. The van der Waals surface area contributed by atoms with Gasteiger partial charge in [0.2, 0.25) is 0 Å². The van der Waals surface area contributed by atoms with Crippen molar-refractivity contribution in [2.24, 2.45) is 10.9 Å². The number of ether oxygens (including phenoxy) is 1. The smallest absolute Gasteiger partial charge is 0.416 e. The van der Waals surface area contributed by atoms with Crippen molar-refractivity contribution < 1.29 is 17.9 Å². The highest BCUT2D eigenvalue weighted by Gasteiger charge is 2.37. The number of methoxy groups -OCH3 is 1. The van der Waals surface area contributed by atoms with E-state index in [4.69, 9.17) is 9.73 Å². The van der Waals surface area contributed by atoms with Gasteiger partial charge in [-0.2, -0.15) is 13.2 Å². The molecule has 3 aromatic carbocycles. The quantitative estimate of drug-likeness (QED) is 0.420. The minimum absolute atomic E-state index is 0.0139. The van der Waals surface area contributed by atoms with Gasteiger partial charge in [-0.3, -0.25) is 4.99 Å². The Labute approximate surface area is 183 Å². The van der Waals surface area contributed by atoms with E-state index in [-0.39, 0.29) is 11.2 Å². The summed E-state index contributed by atoms with van der Waals surface area (Å²) in [5.41, 5.74) is 4.49. The molecule has 2 atom stereocenters. The number of para-hydroxylation sites is 1. The number of rotatable bonds is 2. The molecule has 0 amide bonds. The average Bonchev–Trinajstić information content (AvgIpc) is 2.95. The Balaban J connectivity index is 1.62. The number of thioether (sulfide) groups is 1. The highest BCUT2D eigenvalue weighted by atomic mass is 32.2. The predicted molar refractivity (Wildman–Crippen MR) is 117 cm³/mol. The van der Waals surface area contributed by atoms with E-state index in [0.717, 1.165) is 46.0 Å². The minimum Gasteiger partial charge on any atom is -0.497 e. The van der Waals surface area contributed by atoms with Crippen LogP contribution < -0.4 is 4.74 Å². The number of hydrogen-bond donors (Lipinski definition) is 0. The monoisotopic (exact) mass is 439 g/mol. The maximum absolute atomic E-state index is 13.1. The van der Waals surface area contributed by atoms with Crippen LogP contribution in [-0.4, -0.2) is 12.8 Å². The summed E-state index contributed by atoms with van der Waals surface area (Å²) in [6.07, 6.45) is -2.58. The van der Waals surface area contributed by atoms with Crippen molar-refractivity contribution in [3.05, 3.63) is 89.0 Å². The number of aryl methyl sites for hydroxylation is 1. The van der Waals surface area contributed by atoms with Crippen LogP contribution in [0.2, 0.25) is 0 Å². The Morgan fingerprint density at radius 3 is 2.52 bits per heavy atom. The molecule has 0 bridgehead atoms. The summed E-state index contributed by atoms with van der Waals surface area (Å²) in [5.74, 6) is 0.926. The van der Waals surface area contributed by atoms with Gasteiger partial charge in [0.15, 0.2) is 0 Å². The molecule has 158 valence electrons. The molecule has 0 radical (unpaired) electrons. The van der Waals surface area contributed by atoms with E-state index >= 15 is 0 Å². The summed E-state index contributed by atoms with van der Waals surface area (Å²) in [4.78, 5) is 6.11. The van der Waals surface area contributed by atoms with Gasteiger partial charge >= 0.3 is 6.18 Å². The van der Waals surface area contributed by atoms with Crippen molar-refractivity contribution >= 4 is 23.2 Å². The van der Waals surface area contributed by atoms with Crippen molar-refractivity contribution in [1.29, 1.82) is 0 Å². The summed E-state index contributed by atoms with van der Waals surface area (Å²) in [7, 11) is 1.66. The molecule has 2 nitrogen and oxygen atoms in total. The van der Waals surface area contributed by atoms with Gasteiger partial charge < -0.3 is 4.74 Å². The molecule has 0 unspecified atom stereocenters. The van der Waals surface area contributed by atoms with E-state index in [0.29, 0.717) is 0 Å². The van der Waals surface area contributed by atoms with E-state index in [1.807, 2.05) is 30.3 Å². The van der Waals surface area contributed by atoms with Gasteiger partial charge in [0.25, 0.3) is 0 Å². The topological polar surface area (TPSA) is 21.6 Å². The number of halogens is 3. The second-order valence-corrected chi connectivity index (χ2v) is 8.97. The lowest BCUT2D eigenvalue weighted by atomic mass is 9.78. The van der Waals surface area contributed by atoms with Gasteiger partial charge in [0.1, 0.15) is 5.75 Å². The maximum atomic E-state index is 13.1. The van der Waals surface area contributed by atoms with Crippen LogP contribution in [-0.2, 0) is 12.6 Å². The molecule has 1 aliphatic heterocycles. The maximum Gasteiger partial charge on any atom is 0.416 e. The summed E-state index contributed by atoms with van der Waals surface area (Å²) in [6, 6.07) is 19.7. The number of nitrogens with zero attached hydrogens (tertiary/aromatic N) is 1. The molecule has 1 heterocycles. The molecule has 0 spiro atoms. The lowest BCUT2D eigenvalue weighted by molar-refractivity contribution is -0.137. The third-order valence-electron chi connectivity index (χ3n) is 5.96. The zero-order chi connectivity index (χ0) is 21.6. The zero-order valence-corrected chi connectivity index (χ0v) is 17.6. The van der Waals surface area contributed by atoms with Crippen LogP contribution >= 0.6 is 11.8 Å². The van der Waals surface area contributed by atoms with E-state index in [2.05, 4.69) is 12.1 Å². The van der Waals surface area contributed by atoms with Crippen molar-refractivity contribution in [3.63, 3.8) is 0 Å². The molecule has 5 rings (SSSR count). The predicted octanol–water partition coefficient (Wildman–Crippen LogP) is 7.24. The Bertz CT molecular complexity index is 1150. The first-order valence-electron chi connectivity index (χ1n) is 10.1. The summed E-state index contributed by atoms with van der Waals surface area (Å²) in [6.45, 7) is 0. The molecule has 0 N–H and O–H groups in total. The van der Waals surface area contributed by atoms with E-state index in [9.17, 15) is 13.2 Å². The molecule has 0 fully saturated rings. The summed E-state index contributed by atoms with van der Waals surface area (Å²) < 4.78 is 44.6. The van der Waals surface area contributed by atoms with Gasteiger partial charge in [0.05, 0.1) is 24.1 Å². The molecule has 31 heavy (non-hydrogen) atoms. The minimum atomic E-state index is -4.34. The SMILES string of the molecule is COc1ccc2c(c1)CC[C@@H]1C2=Nc2ccccc2S[C@@H]1c1ccc(C(F)(F)F)cc1. The van der Waals surface area contributed by atoms with Crippen molar-refractivity contribution in [2.75, 3.05) is 7.11 Å². The van der Waals surface area contributed by atoms with Crippen LogP contribution in [0.25, 0.3) is 0 Å². The van der Waals surface area contributed by atoms with Crippen molar-refractivity contribution in [2.45, 2.75) is 29.2 Å². The molecular weight excluding hydrogens is 419 g/mol. The van der Waals surface area contributed by atoms with Gasteiger partial charge in [-0.05, 0) is 72.0 Å². The number of aliphatic imine (C=N–C) groups is 1. The Morgan fingerprint density at radius 2 is 1.77 bits per heavy atom. The van der Waals surface area contributed by atoms with Gasteiger partial charge in [-0.1, -0.05) is 24.3 Å². The van der Waals surface area contributed by atoms with Crippen molar-refractivity contribution in [3.8, 4) is 5.75 Å². The standard InChI is InChI=1S/C25H20F3NOS/c1-30-18-11-13-19-16(14-18)8-12-20-23(19)29-21-4-2-3-5-22(21)31-24(20)15-6-9-17(10-7-15)25(26,27)28/h2-7,9-11,13-14,20,24H,8,12H2,1H3/t20-,24-/m1/s1. The molecule has 1 aliphatic carbocycles. The molecule has 2 aliphatic rings. The zero-order valence-electron chi connectivity index (χ0n) is 16.8. The number of alkyl halides is 3. The number of hydrogen-bond acceptors (Lipinski definition) is 3. The molecule has 0 saturated carbocycles. The fraction of sp³-hybridized carbons (Fsp3) is 0.240. The van der Waals surface area contributed by atoms with Gasteiger partial charge in [0, 0.05) is 16.1 Å². The molecule has 0 aromatic heterocycles. The lowest BCUT2D eigenvalue weighted by Crippen LogP contribution is -2.27. The molecule has 6 heteroatoms. The van der Waals surface area contributed by atoms with Crippen molar-refractivity contribution in [1.82, 2.24) is 0 Å². The Morgan fingerprint density at radius 1 is 1.00 bits per heavy atom. The van der Waals surface area contributed by atoms with Crippen LogP contribution in [0.3, 0.4) is 0 Å². The van der Waals surface area contributed by atoms with E-state index < -0.39 is 11.7 Å². The molecular formula is C25H20F3NOS. The first-order chi connectivity index (χ1) is 14.9. The van der Waals surface area contributed by atoms with Gasteiger partial charge in [-0.25, -0.2) is 0 Å². The Kier molecular flexibility index (Phi) is 5.05. The first kappa shape index (κ1) is 20.2. The van der Waals surface area contributed by atoms with E-state index in [1.165, 1.54) is 17.7 Å². The first-order valence-corrected chi connectivity index (χ1v) is 11.0. The number of benzene rings is 3. The van der Waals surface area contributed by atoms with Crippen LogP contribution in [0, 0.1) is 5.92 Å². The van der Waals surface area contributed by atoms with Gasteiger partial charge in [-0.15, -0.1) is 11.8 Å².